The van der Waals surface area contributed by atoms with E-state index < -0.39 is 6.04 Å². The van der Waals surface area contributed by atoms with Crippen LogP contribution in [0.2, 0.25) is 0 Å². The molecule has 3 aromatic rings. The maximum atomic E-state index is 10.6. The third kappa shape index (κ3) is 1.76. The summed E-state index contributed by atoms with van der Waals surface area (Å²) in [6.07, 6.45) is 1.18. The van der Waals surface area contributed by atoms with Gasteiger partial charge in [-0.3, -0.25) is 0 Å². The van der Waals surface area contributed by atoms with Crippen LogP contribution in [-0.2, 0) is 11.2 Å². The van der Waals surface area contributed by atoms with Gasteiger partial charge in [0.25, 0.3) is 0 Å². The van der Waals surface area contributed by atoms with Gasteiger partial charge >= 0.3 is 0 Å². The molecule has 0 fully saturated rings. The Morgan fingerprint density at radius 2 is 2.11 bits per heavy atom. The van der Waals surface area contributed by atoms with Crippen molar-refractivity contribution in [2.24, 2.45) is 5.73 Å². The fourth-order valence-corrected chi connectivity index (χ4v) is 2.16. The quantitative estimate of drug-likeness (QED) is 0.684. The summed E-state index contributed by atoms with van der Waals surface area (Å²) in [5.41, 5.74) is 7.52. The highest BCUT2D eigenvalue weighted by Crippen LogP contribution is 2.23. The van der Waals surface area contributed by atoms with E-state index in [0.29, 0.717) is 6.42 Å². The standard InChI is InChI=1S/C14H13N3O/c15-10(8-18)7-13-16-12-6-5-9-3-1-2-4-11(9)14(12)17-13/h1-6,8,10H,7,15H2,(H,16,17)/t10-/m0/s1. The number of nitrogens with two attached hydrogens (primary N) is 1. The Labute approximate surface area is 104 Å². The summed E-state index contributed by atoms with van der Waals surface area (Å²) < 4.78 is 0. The van der Waals surface area contributed by atoms with E-state index in [-0.39, 0.29) is 0 Å². The summed E-state index contributed by atoms with van der Waals surface area (Å²) in [5, 5.41) is 2.26. The first-order valence-electron chi connectivity index (χ1n) is 5.85. The van der Waals surface area contributed by atoms with Gasteiger partial charge in [0.2, 0.25) is 0 Å². The molecule has 4 heteroatoms. The second-order valence-corrected chi connectivity index (χ2v) is 4.37. The van der Waals surface area contributed by atoms with Gasteiger partial charge in [-0.1, -0.05) is 30.3 Å². The lowest BCUT2D eigenvalue weighted by molar-refractivity contribution is -0.108. The Balaban J connectivity index is 2.16. The number of rotatable bonds is 3. The average Bonchev–Trinajstić information content (AvgIpc) is 2.81. The summed E-state index contributed by atoms with van der Waals surface area (Å²) in [6.45, 7) is 0. The number of carbonyl (C=O) groups is 1. The van der Waals surface area contributed by atoms with Crippen molar-refractivity contribution >= 4 is 28.1 Å². The summed E-state index contributed by atoms with van der Waals surface area (Å²) in [7, 11) is 0. The SMILES string of the molecule is N[C@H](C=O)Cc1nc2c(ccc3ccccc32)[nH]1. The van der Waals surface area contributed by atoms with E-state index in [0.717, 1.165) is 33.9 Å². The van der Waals surface area contributed by atoms with Crippen LogP contribution < -0.4 is 5.73 Å². The van der Waals surface area contributed by atoms with Gasteiger partial charge in [-0.2, -0.15) is 0 Å². The zero-order valence-electron chi connectivity index (χ0n) is 9.76. The lowest BCUT2D eigenvalue weighted by atomic mass is 10.1. The number of fused-ring (bicyclic) bond motifs is 3. The molecule has 2 aromatic carbocycles. The minimum absolute atomic E-state index is 0.437. The van der Waals surface area contributed by atoms with E-state index in [1.165, 1.54) is 0 Å². The highest BCUT2D eigenvalue weighted by atomic mass is 16.1. The molecule has 0 aliphatic carbocycles. The number of hydrogen-bond acceptors (Lipinski definition) is 3. The fourth-order valence-electron chi connectivity index (χ4n) is 2.16. The van der Waals surface area contributed by atoms with Crippen LogP contribution in [-0.4, -0.2) is 22.3 Å². The Hall–Kier alpha value is -2.20. The maximum absolute atomic E-state index is 10.6. The molecule has 1 atom stereocenters. The lowest BCUT2D eigenvalue weighted by Gasteiger charge is -1.98. The van der Waals surface area contributed by atoms with Crippen molar-refractivity contribution in [3.8, 4) is 0 Å². The molecule has 0 saturated carbocycles. The predicted octanol–water partition coefficient (Wildman–Crippen LogP) is 1.78. The van der Waals surface area contributed by atoms with E-state index in [2.05, 4.69) is 22.1 Å². The first-order valence-corrected chi connectivity index (χ1v) is 5.85. The van der Waals surface area contributed by atoms with Crippen LogP contribution in [0.4, 0.5) is 0 Å². The highest BCUT2D eigenvalue weighted by Gasteiger charge is 2.09. The van der Waals surface area contributed by atoms with Gasteiger partial charge in [0.05, 0.1) is 17.1 Å². The minimum atomic E-state index is -0.503. The van der Waals surface area contributed by atoms with E-state index in [9.17, 15) is 4.79 Å². The molecule has 0 unspecified atom stereocenters. The smallest absolute Gasteiger partial charge is 0.137 e. The van der Waals surface area contributed by atoms with Crippen molar-refractivity contribution in [2.45, 2.75) is 12.5 Å². The highest BCUT2D eigenvalue weighted by molar-refractivity contribution is 6.04. The monoisotopic (exact) mass is 239 g/mol. The van der Waals surface area contributed by atoms with Crippen molar-refractivity contribution in [2.75, 3.05) is 0 Å². The molecule has 18 heavy (non-hydrogen) atoms. The van der Waals surface area contributed by atoms with Gasteiger partial charge in [0.15, 0.2) is 0 Å². The molecule has 0 radical (unpaired) electrons. The van der Waals surface area contributed by atoms with Crippen molar-refractivity contribution in [3.05, 3.63) is 42.2 Å². The number of aromatic amines is 1. The molecule has 0 aliphatic rings. The van der Waals surface area contributed by atoms with Gasteiger partial charge < -0.3 is 15.5 Å². The number of carbonyl (C=O) groups excluding carboxylic acids is 1. The first kappa shape index (κ1) is 10.9. The van der Waals surface area contributed by atoms with Crippen LogP contribution in [0, 0.1) is 0 Å². The lowest BCUT2D eigenvalue weighted by Crippen LogP contribution is -2.24. The number of aldehydes is 1. The van der Waals surface area contributed by atoms with E-state index in [1.54, 1.807) is 0 Å². The molecule has 0 bridgehead atoms. The predicted molar refractivity (Wildman–Crippen MR) is 71.3 cm³/mol. The second-order valence-electron chi connectivity index (χ2n) is 4.37. The summed E-state index contributed by atoms with van der Waals surface area (Å²) in [5.74, 6) is 0.751. The number of aromatic nitrogens is 2. The average molecular weight is 239 g/mol. The van der Waals surface area contributed by atoms with Gasteiger partial charge in [-0.05, 0) is 11.5 Å². The van der Waals surface area contributed by atoms with E-state index >= 15 is 0 Å². The van der Waals surface area contributed by atoms with Crippen LogP contribution in [0.1, 0.15) is 5.82 Å². The molecular formula is C14H13N3O. The van der Waals surface area contributed by atoms with Crippen LogP contribution in [0.3, 0.4) is 0 Å². The molecule has 1 aromatic heterocycles. The number of H-pyrrole nitrogens is 1. The zero-order valence-corrected chi connectivity index (χ0v) is 9.76. The summed E-state index contributed by atoms with van der Waals surface area (Å²) in [6, 6.07) is 11.6. The van der Waals surface area contributed by atoms with Crippen LogP contribution in [0.5, 0.6) is 0 Å². The summed E-state index contributed by atoms with van der Waals surface area (Å²) >= 11 is 0. The molecular weight excluding hydrogens is 226 g/mol. The Morgan fingerprint density at radius 1 is 1.28 bits per heavy atom. The molecule has 3 rings (SSSR count). The van der Waals surface area contributed by atoms with E-state index in [4.69, 9.17) is 5.73 Å². The fraction of sp³-hybridized carbons (Fsp3) is 0.143. The molecule has 0 aliphatic heterocycles. The largest absolute Gasteiger partial charge is 0.342 e. The van der Waals surface area contributed by atoms with Gasteiger partial charge in [-0.15, -0.1) is 0 Å². The van der Waals surface area contributed by atoms with Crippen LogP contribution >= 0.6 is 0 Å². The van der Waals surface area contributed by atoms with Crippen molar-refractivity contribution < 1.29 is 4.79 Å². The first-order chi connectivity index (χ1) is 8.78. The van der Waals surface area contributed by atoms with Gasteiger partial charge in [-0.25, -0.2) is 4.98 Å². The van der Waals surface area contributed by atoms with E-state index in [1.807, 2.05) is 24.3 Å². The number of benzene rings is 2. The zero-order chi connectivity index (χ0) is 12.5. The number of hydrogen-bond donors (Lipinski definition) is 2. The Bertz CT molecular complexity index is 717. The number of nitrogens with one attached hydrogen (secondary N) is 1. The maximum Gasteiger partial charge on any atom is 0.137 e. The van der Waals surface area contributed by atoms with Crippen LogP contribution in [0.15, 0.2) is 36.4 Å². The topological polar surface area (TPSA) is 71.8 Å². The molecule has 0 spiro atoms. The van der Waals surface area contributed by atoms with Crippen molar-refractivity contribution in [1.82, 2.24) is 9.97 Å². The molecule has 1 heterocycles. The Kier molecular flexibility index (Phi) is 2.57. The second kappa shape index (κ2) is 4.23. The molecule has 4 nitrogen and oxygen atoms in total. The third-order valence-corrected chi connectivity index (χ3v) is 3.03. The van der Waals surface area contributed by atoms with Crippen LogP contribution in [0.25, 0.3) is 21.8 Å². The minimum Gasteiger partial charge on any atom is -0.342 e. The normalized spacial score (nSPS) is 12.9. The molecule has 3 N–H and O–H groups in total. The van der Waals surface area contributed by atoms with Gasteiger partial charge in [0, 0.05) is 11.8 Å². The Morgan fingerprint density at radius 3 is 2.94 bits per heavy atom. The summed E-state index contributed by atoms with van der Waals surface area (Å²) in [4.78, 5) is 18.3. The molecule has 0 saturated heterocycles. The van der Waals surface area contributed by atoms with Crippen molar-refractivity contribution in [1.29, 1.82) is 0 Å². The third-order valence-electron chi connectivity index (χ3n) is 3.03. The molecule has 90 valence electrons. The number of imidazole rings is 1. The number of nitrogens with zero attached hydrogens (tertiary/aromatic N) is 1. The van der Waals surface area contributed by atoms with Crippen molar-refractivity contribution in [3.63, 3.8) is 0 Å². The van der Waals surface area contributed by atoms with Gasteiger partial charge in [0.1, 0.15) is 12.1 Å². The molecule has 0 amide bonds.